The van der Waals surface area contributed by atoms with Gasteiger partial charge in [0, 0.05) is 38.5 Å². The third-order valence-corrected chi connectivity index (χ3v) is 3.77. The maximum Gasteiger partial charge on any atom is 0.218 e. The number of hydrogen-bond acceptors (Lipinski definition) is 3. The molecular weight excluding hydrogens is 290 g/mol. The molecule has 1 aromatic heterocycles. The monoisotopic (exact) mass is 306 g/mol. The first-order chi connectivity index (χ1) is 10.5. The van der Waals surface area contributed by atoms with Gasteiger partial charge < -0.3 is 10.7 Å². The van der Waals surface area contributed by atoms with Gasteiger partial charge in [-0.25, -0.2) is 13.8 Å². The fourth-order valence-corrected chi connectivity index (χ4v) is 2.62. The summed E-state index contributed by atoms with van der Waals surface area (Å²) in [6.45, 7) is 1.98. The summed E-state index contributed by atoms with van der Waals surface area (Å²) < 4.78 is 26.8. The number of carbonyl (C=O) groups excluding carboxylic acids is 1. The number of aromatic nitrogens is 2. The van der Waals surface area contributed by atoms with Crippen LogP contribution in [0.15, 0.2) is 18.2 Å². The van der Waals surface area contributed by atoms with Crippen molar-refractivity contribution in [3.8, 4) is 11.4 Å². The highest BCUT2D eigenvalue weighted by Crippen LogP contribution is 2.25. The summed E-state index contributed by atoms with van der Waals surface area (Å²) in [6.07, 6.45) is 1.02. The summed E-state index contributed by atoms with van der Waals surface area (Å²) in [5, 5.41) is 0. The highest BCUT2D eigenvalue weighted by molar-refractivity contribution is 5.73. The molecule has 3 N–H and O–H groups in total. The number of benzene rings is 1. The quantitative estimate of drug-likeness (QED) is 0.900. The minimum Gasteiger partial charge on any atom is -0.370 e. The fourth-order valence-electron chi connectivity index (χ4n) is 2.62. The number of halogens is 2. The van der Waals surface area contributed by atoms with Gasteiger partial charge in [0.2, 0.25) is 5.91 Å². The average molecular weight is 306 g/mol. The molecule has 116 valence electrons. The van der Waals surface area contributed by atoms with Crippen LogP contribution in [0.5, 0.6) is 0 Å². The number of fused-ring (bicyclic) bond motifs is 1. The van der Waals surface area contributed by atoms with E-state index in [-0.39, 0.29) is 11.5 Å². The highest BCUT2D eigenvalue weighted by Gasteiger charge is 2.21. The lowest BCUT2D eigenvalue weighted by molar-refractivity contribution is -0.118. The minimum atomic E-state index is -0.642. The molecule has 0 radical (unpaired) electrons. The second-order valence-corrected chi connectivity index (χ2v) is 5.38. The number of rotatable bonds is 4. The van der Waals surface area contributed by atoms with Crippen LogP contribution < -0.4 is 5.73 Å². The molecule has 1 aromatic carbocycles. The molecule has 3 rings (SSSR count). The van der Waals surface area contributed by atoms with Gasteiger partial charge in [-0.05, 0) is 12.1 Å². The lowest BCUT2D eigenvalue weighted by Crippen LogP contribution is -2.33. The first kappa shape index (κ1) is 14.6. The van der Waals surface area contributed by atoms with Crippen LogP contribution in [0, 0.1) is 11.6 Å². The van der Waals surface area contributed by atoms with E-state index >= 15 is 0 Å². The Kier molecular flexibility index (Phi) is 3.89. The van der Waals surface area contributed by atoms with Crippen LogP contribution >= 0.6 is 0 Å². The standard InChI is InChI=1S/C15H16F2N4O/c16-9-1-2-10(11(17)7-9)15-19-12-3-5-21(6-4-14(18)22)8-13(12)20-15/h1-2,7H,3-6,8H2,(H2,18,22)(H,19,20). The summed E-state index contributed by atoms with van der Waals surface area (Å²) >= 11 is 0. The molecule has 0 spiro atoms. The topological polar surface area (TPSA) is 75.0 Å². The third-order valence-electron chi connectivity index (χ3n) is 3.77. The van der Waals surface area contributed by atoms with E-state index in [4.69, 9.17) is 5.73 Å². The Bertz CT molecular complexity index is 714. The van der Waals surface area contributed by atoms with Crippen molar-refractivity contribution >= 4 is 5.91 Å². The average Bonchev–Trinajstić information content (AvgIpc) is 2.87. The Hall–Kier alpha value is -2.28. The van der Waals surface area contributed by atoms with Crippen LogP contribution in [-0.4, -0.2) is 33.9 Å². The van der Waals surface area contributed by atoms with E-state index in [0.29, 0.717) is 31.8 Å². The SMILES string of the molecule is NC(=O)CCN1CCc2nc(-c3ccc(F)cc3F)[nH]c2C1. The van der Waals surface area contributed by atoms with E-state index in [1.165, 1.54) is 12.1 Å². The van der Waals surface area contributed by atoms with Gasteiger partial charge in [-0.3, -0.25) is 9.69 Å². The maximum absolute atomic E-state index is 13.8. The summed E-state index contributed by atoms with van der Waals surface area (Å²) in [7, 11) is 0. The predicted molar refractivity (Wildman–Crippen MR) is 76.7 cm³/mol. The number of nitrogens with one attached hydrogen (secondary N) is 1. The van der Waals surface area contributed by atoms with Crippen molar-refractivity contribution in [2.75, 3.05) is 13.1 Å². The molecule has 22 heavy (non-hydrogen) atoms. The number of H-pyrrole nitrogens is 1. The lowest BCUT2D eigenvalue weighted by atomic mass is 10.1. The van der Waals surface area contributed by atoms with Crippen molar-refractivity contribution in [3.05, 3.63) is 41.2 Å². The molecule has 0 unspecified atom stereocenters. The number of nitrogens with two attached hydrogens (primary N) is 1. The number of nitrogens with zero attached hydrogens (tertiary/aromatic N) is 2. The minimum absolute atomic E-state index is 0.250. The first-order valence-corrected chi connectivity index (χ1v) is 7.07. The molecule has 5 nitrogen and oxygen atoms in total. The largest absolute Gasteiger partial charge is 0.370 e. The number of carbonyl (C=O) groups is 1. The summed E-state index contributed by atoms with van der Waals surface area (Å²) in [5.74, 6) is -1.18. The zero-order valence-electron chi connectivity index (χ0n) is 11.9. The number of aromatic amines is 1. The number of primary amides is 1. The third kappa shape index (κ3) is 2.99. The van der Waals surface area contributed by atoms with Gasteiger partial charge in [0.15, 0.2) is 0 Å². The molecule has 2 heterocycles. The molecule has 0 fully saturated rings. The van der Waals surface area contributed by atoms with E-state index in [9.17, 15) is 13.6 Å². The van der Waals surface area contributed by atoms with Crippen LogP contribution in [0.1, 0.15) is 17.8 Å². The fraction of sp³-hybridized carbons (Fsp3) is 0.333. The van der Waals surface area contributed by atoms with Gasteiger partial charge in [0.1, 0.15) is 17.5 Å². The van der Waals surface area contributed by atoms with Crippen LogP contribution in [0.25, 0.3) is 11.4 Å². The van der Waals surface area contributed by atoms with Crippen molar-refractivity contribution < 1.29 is 13.6 Å². The molecule has 0 saturated heterocycles. The van der Waals surface area contributed by atoms with Crippen LogP contribution in [0.3, 0.4) is 0 Å². The molecule has 1 aliphatic rings. The normalized spacial score (nSPS) is 14.8. The molecular formula is C15H16F2N4O. The van der Waals surface area contributed by atoms with Crippen LogP contribution in [-0.2, 0) is 17.8 Å². The zero-order valence-corrected chi connectivity index (χ0v) is 11.9. The Morgan fingerprint density at radius 2 is 2.23 bits per heavy atom. The smallest absolute Gasteiger partial charge is 0.218 e. The van der Waals surface area contributed by atoms with Gasteiger partial charge in [-0.15, -0.1) is 0 Å². The maximum atomic E-state index is 13.8. The van der Waals surface area contributed by atoms with E-state index in [2.05, 4.69) is 14.9 Å². The van der Waals surface area contributed by atoms with E-state index in [1.54, 1.807) is 0 Å². The van der Waals surface area contributed by atoms with Crippen molar-refractivity contribution in [3.63, 3.8) is 0 Å². The molecule has 1 amide bonds. The van der Waals surface area contributed by atoms with Crippen molar-refractivity contribution in [1.29, 1.82) is 0 Å². The Labute approximate surface area is 126 Å². The van der Waals surface area contributed by atoms with Crippen molar-refractivity contribution in [2.24, 2.45) is 5.73 Å². The summed E-state index contributed by atoms with van der Waals surface area (Å²) in [6, 6.07) is 3.43. The van der Waals surface area contributed by atoms with Gasteiger partial charge >= 0.3 is 0 Å². The van der Waals surface area contributed by atoms with Crippen molar-refractivity contribution in [2.45, 2.75) is 19.4 Å². The number of amides is 1. The first-order valence-electron chi connectivity index (χ1n) is 7.07. The molecule has 0 bridgehead atoms. The van der Waals surface area contributed by atoms with Gasteiger partial charge in [0.05, 0.1) is 17.0 Å². The number of hydrogen-bond donors (Lipinski definition) is 2. The Balaban J connectivity index is 1.80. The van der Waals surface area contributed by atoms with Crippen LogP contribution in [0.4, 0.5) is 8.78 Å². The molecule has 1 aliphatic heterocycles. The number of imidazole rings is 1. The zero-order chi connectivity index (χ0) is 15.7. The second-order valence-electron chi connectivity index (χ2n) is 5.38. The molecule has 0 saturated carbocycles. The van der Waals surface area contributed by atoms with Crippen LogP contribution in [0.2, 0.25) is 0 Å². The molecule has 7 heteroatoms. The summed E-state index contributed by atoms with van der Waals surface area (Å²) in [4.78, 5) is 20.4. The Morgan fingerprint density at radius 1 is 1.41 bits per heavy atom. The Morgan fingerprint density at radius 3 is 2.95 bits per heavy atom. The van der Waals surface area contributed by atoms with Gasteiger partial charge in [0.25, 0.3) is 0 Å². The van der Waals surface area contributed by atoms with E-state index < -0.39 is 11.6 Å². The van der Waals surface area contributed by atoms with Crippen molar-refractivity contribution in [1.82, 2.24) is 14.9 Å². The van der Waals surface area contributed by atoms with Gasteiger partial charge in [-0.1, -0.05) is 0 Å². The predicted octanol–water partition coefficient (Wildman–Crippen LogP) is 1.59. The van der Waals surface area contributed by atoms with E-state index in [1.807, 2.05) is 0 Å². The second kappa shape index (κ2) is 5.84. The van der Waals surface area contributed by atoms with Gasteiger partial charge in [-0.2, -0.15) is 0 Å². The highest BCUT2D eigenvalue weighted by atomic mass is 19.1. The molecule has 2 aromatic rings. The molecule has 0 aliphatic carbocycles. The molecule has 0 atom stereocenters. The van der Waals surface area contributed by atoms with E-state index in [0.717, 1.165) is 24.0 Å². The lowest BCUT2D eigenvalue weighted by Gasteiger charge is -2.25. The summed E-state index contributed by atoms with van der Waals surface area (Å²) in [5.41, 5.74) is 7.19.